The van der Waals surface area contributed by atoms with Crippen LogP contribution in [0.4, 0.5) is 0 Å². The molecule has 0 heterocycles. The van der Waals surface area contributed by atoms with Gasteiger partial charge in [0.1, 0.15) is 5.75 Å². The third-order valence-electron chi connectivity index (χ3n) is 2.02. The second kappa shape index (κ2) is 5.99. The number of benzene rings is 1. The van der Waals surface area contributed by atoms with E-state index >= 15 is 0 Å². The molecule has 0 saturated heterocycles. The first-order valence-electron chi connectivity index (χ1n) is 5.28. The molecule has 84 valence electrons. The van der Waals surface area contributed by atoms with E-state index in [2.05, 4.69) is 19.2 Å². The summed E-state index contributed by atoms with van der Waals surface area (Å²) in [6.07, 6.45) is 0. The summed E-state index contributed by atoms with van der Waals surface area (Å²) in [7, 11) is 0. The van der Waals surface area contributed by atoms with Gasteiger partial charge in [0.2, 0.25) is 0 Å². The van der Waals surface area contributed by atoms with Crippen LogP contribution in [0.3, 0.4) is 0 Å². The van der Waals surface area contributed by atoms with Gasteiger partial charge in [-0.15, -0.1) is 0 Å². The molecule has 0 amide bonds. The van der Waals surface area contributed by atoms with Crippen molar-refractivity contribution in [1.82, 2.24) is 5.32 Å². The molecule has 0 radical (unpaired) electrons. The fourth-order valence-corrected chi connectivity index (χ4v) is 1.49. The number of nitrogens with one attached hydrogen (secondary N) is 1. The summed E-state index contributed by atoms with van der Waals surface area (Å²) >= 11 is 5.95. The van der Waals surface area contributed by atoms with Crippen LogP contribution < -0.4 is 10.1 Å². The average molecular weight is 228 g/mol. The van der Waals surface area contributed by atoms with Crippen molar-refractivity contribution in [3.8, 4) is 5.75 Å². The highest BCUT2D eigenvalue weighted by Crippen LogP contribution is 2.22. The molecule has 0 aliphatic rings. The largest absolute Gasteiger partial charge is 0.494 e. The first-order valence-corrected chi connectivity index (χ1v) is 5.66. The van der Waals surface area contributed by atoms with Crippen LogP contribution in [0.25, 0.3) is 0 Å². The van der Waals surface area contributed by atoms with Gasteiger partial charge in [-0.3, -0.25) is 0 Å². The van der Waals surface area contributed by atoms with Crippen molar-refractivity contribution >= 4 is 11.6 Å². The Morgan fingerprint density at radius 2 is 2.13 bits per heavy atom. The smallest absolute Gasteiger partial charge is 0.123 e. The summed E-state index contributed by atoms with van der Waals surface area (Å²) in [5.74, 6) is 0.912. The van der Waals surface area contributed by atoms with Gasteiger partial charge in [-0.25, -0.2) is 0 Å². The highest BCUT2D eigenvalue weighted by molar-refractivity contribution is 6.30. The minimum atomic E-state index is 0.457. The summed E-state index contributed by atoms with van der Waals surface area (Å²) in [4.78, 5) is 0. The van der Waals surface area contributed by atoms with Gasteiger partial charge in [-0.1, -0.05) is 25.4 Å². The Morgan fingerprint density at radius 3 is 2.73 bits per heavy atom. The minimum absolute atomic E-state index is 0.457. The lowest BCUT2D eigenvalue weighted by molar-refractivity contribution is 0.335. The lowest BCUT2D eigenvalue weighted by atomic mass is 10.2. The van der Waals surface area contributed by atoms with Gasteiger partial charge in [0, 0.05) is 23.2 Å². The maximum Gasteiger partial charge on any atom is 0.123 e. The van der Waals surface area contributed by atoms with Gasteiger partial charge in [-0.2, -0.15) is 0 Å². The van der Waals surface area contributed by atoms with E-state index in [9.17, 15) is 0 Å². The van der Waals surface area contributed by atoms with Crippen molar-refractivity contribution in [3.05, 3.63) is 28.8 Å². The molecule has 0 unspecified atom stereocenters. The van der Waals surface area contributed by atoms with E-state index in [1.165, 1.54) is 0 Å². The predicted octanol–water partition coefficient (Wildman–Crippen LogP) is 3.24. The zero-order chi connectivity index (χ0) is 11.3. The standard InChI is InChI=1S/C12H18ClNO/c1-4-15-12-6-5-11(13)7-10(12)8-14-9(2)3/h5-7,9,14H,4,8H2,1-3H3. The summed E-state index contributed by atoms with van der Waals surface area (Å²) in [6.45, 7) is 7.67. The fourth-order valence-electron chi connectivity index (χ4n) is 1.30. The number of rotatable bonds is 5. The zero-order valence-electron chi connectivity index (χ0n) is 9.51. The Balaban J connectivity index is 2.77. The van der Waals surface area contributed by atoms with Gasteiger partial charge in [0.25, 0.3) is 0 Å². The van der Waals surface area contributed by atoms with Crippen LogP contribution in [0.5, 0.6) is 5.75 Å². The number of halogens is 1. The van der Waals surface area contributed by atoms with Crippen LogP contribution in [0.1, 0.15) is 26.3 Å². The van der Waals surface area contributed by atoms with Gasteiger partial charge < -0.3 is 10.1 Å². The topological polar surface area (TPSA) is 21.3 Å². The Kier molecular flexibility index (Phi) is 4.92. The third-order valence-corrected chi connectivity index (χ3v) is 2.26. The second-order valence-electron chi connectivity index (χ2n) is 3.72. The molecule has 0 aromatic heterocycles. The van der Waals surface area contributed by atoms with Gasteiger partial charge in [0.05, 0.1) is 6.61 Å². The molecule has 1 aromatic carbocycles. The molecule has 0 fully saturated rings. The molecule has 3 heteroatoms. The molecular formula is C12H18ClNO. The molecular weight excluding hydrogens is 210 g/mol. The van der Waals surface area contributed by atoms with E-state index in [0.29, 0.717) is 12.6 Å². The molecule has 0 saturated carbocycles. The van der Waals surface area contributed by atoms with E-state index in [-0.39, 0.29) is 0 Å². The molecule has 0 aliphatic heterocycles. The number of hydrogen-bond donors (Lipinski definition) is 1. The van der Waals surface area contributed by atoms with Crippen LogP contribution in [0.15, 0.2) is 18.2 Å². The van der Waals surface area contributed by atoms with E-state index in [0.717, 1.165) is 22.9 Å². The first-order chi connectivity index (χ1) is 7.13. The number of hydrogen-bond acceptors (Lipinski definition) is 2. The quantitative estimate of drug-likeness (QED) is 0.834. The van der Waals surface area contributed by atoms with Crippen LogP contribution in [0.2, 0.25) is 5.02 Å². The molecule has 0 bridgehead atoms. The molecule has 0 atom stereocenters. The van der Waals surface area contributed by atoms with E-state index in [1.807, 2.05) is 25.1 Å². The predicted molar refractivity (Wildman–Crippen MR) is 64.6 cm³/mol. The number of ether oxygens (including phenoxy) is 1. The maximum absolute atomic E-state index is 5.95. The van der Waals surface area contributed by atoms with Crippen molar-refractivity contribution in [3.63, 3.8) is 0 Å². The van der Waals surface area contributed by atoms with Gasteiger partial charge >= 0.3 is 0 Å². The minimum Gasteiger partial charge on any atom is -0.494 e. The van der Waals surface area contributed by atoms with E-state index < -0.39 is 0 Å². The monoisotopic (exact) mass is 227 g/mol. The lowest BCUT2D eigenvalue weighted by Gasteiger charge is -2.13. The van der Waals surface area contributed by atoms with E-state index in [1.54, 1.807) is 0 Å². The van der Waals surface area contributed by atoms with Crippen LogP contribution in [-0.2, 0) is 6.54 Å². The zero-order valence-corrected chi connectivity index (χ0v) is 10.3. The van der Waals surface area contributed by atoms with Gasteiger partial charge in [0.15, 0.2) is 0 Å². The summed E-state index contributed by atoms with van der Waals surface area (Å²) in [5.41, 5.74) is 1.11. The SMILES string of the molecule is CCOc1ccc(Cl)cc1CNC(C)C. The van der Waals surface area contributed by atoms with E-state index in [4.69, 9.17) is 16.3 Å². The second-order valence-corrected chi connectivity index (χ2v) is 4.16. The maximum atomic E-state index is 5.95. The Bertz CT molecular complexity index is 312. The molecule has 1 N–H and O–H groups in total. The normalized spacial score (nSPS) is 10.7. The van der Waals surface area contributed by atoms with Gasteiger partial charge in [-0.05, 0) is 25.1 Å². The highest BCUT2D eigenvalue weighted by atomic mass is 35.5. The lowest BCUT2D eigenvalue weighted by Crippen LogP contribution is -2.22. The summed E-state index contributed by atoms with van der Waals surface area (Å²) < 4.78 is 5.53. The molecule has 1 rings (SSSR count). The average Bonchev–Trinajstić information content (AvgIpc) is 2.18. The van der Waals surface area contributed by atoms with Crippen molar-refractivity contribution in [2.75, 3.05) is 6.61 Å². The first kappa shape index (κ1) is 12.3. The summed E-state index contributed by atoms with van der Waals surface area (Å²) in [5, 5.41) is 4.10. The molecule has 0 aliphatic carbocycles. The van der Waals surface area contributed by atoms with Crippen LogP contribution >= 0.6 is 11.6 Å². The van der Waals surface area contributed by atoms with Crippen LogP contribution in [0, 0.1) is 0 Å². The molecule has 2 nitrogen and oxygen atoms in total. The Labute approximate surface area is 96.6 Å². The summed E-state index contributed by atoms with van der Waals surface area (Å²) in [6, 6.07) is 6.18. The van der Waals surface area contributed by atoms with Crippen LogP contribution in [-0.4, -0.2) is 12.6 Å². The van der Waals surface area contributed by atoms with Crippen molar-refractivity contribution < 1.29 is 4.74 Å². The Hall–Kier alpha value is -0.730. The van der Waals surface area contributed by atoms with Crippen molar-refractivity contribution in [1.29, 1.82) is 0 Å². The van der Waals surface area contributed by atoms with Crippen molar-refractivity contribution in [2.45, 2.75) is 33.4 Å². The highest BCUT2D eigenvalue weighted by Gasteiger charge is 2.04. The molecule has 15 heavy (non-hydrogen) atoms. The Morgan fingerprint density at radius 1 is 1.40 bits per heavy atom. The third kappa shape index (κ3) is 4.10. The van der Waals surface area contributed by atoms with Crippen molar-refractivity contribution in [2.24, 2.45) is 0 Å². The molecule has 0 spiro atoms. The molecule has 1 aromatic rings. The fraction of sp³-hybridized carbons (Fsp3) is 0.500.